The summed E-state index contributed by atoms with van der Waals surface area (Å²) >= 11 is 0. The Hall–Kier alpha value is -0.860. The van der Waals surface area contributed by atoms with Crippen LogP contribution in [0.2, 0.25) is 0 Å². The number of aliphatic hydroxyl groups is 2. The van der Waals surface area contributed by atoms with Crippen LogP contribution in [-0.4, -0.2) is 23.4 Å². The number of benzene rings is 1. The maximum atomic E-state index is 9.11. The van der Waals surface area contributed by atoms with Crippen molar-refractivity contribution < 1.29 is 10.2 Å². The zero-order valence-electron chi connectivity index (χ0n) is 8.56. The van der Waals surface area contributed by atoms with Gasteiger partial charge in [0.05, 0.1) is 0 Å². The number of aliphatic hydroxyl groups excluding tert-OH is 2. The standard InChI is InChI=1S/C12H18O2/c1-10(9-14)12(7-8-13)11-5-3-2-4-6-11/h2-6,10,12-14H,7-9H2,1H3. The van der Waals surface area contributed by atoms with Crippen LogP contribution < -0.4 is 0 Å². The van der Waals surface area contributed by atoms with Crippen LogP contribution in [0, 0.1) is 5.92 Å². The van der Waals surface area contributed by atoms with Crippen molar-refractivity contribution in [3.63, 3.8) is 0 Å². The van der Waals surface area contributed by atoms with Gasteiger partial charge in [-0.25, -0.2) is 0 Å². The predicted molar refractivity (Wildman–Crippen MR) is 57.1 cm³/mol. The Morgan fingerprint density at radius 1 is 1.14 bits per heavy atom. The van der Waals surface area contributed by atoms with E-state index in [-0.39, 0.29) is 25.0 Å². The Balaban J connectivity index is 2.77. The van der Waals surface area contributed by atoms with Crippen molar-refractivity contribution in [1.82, 2.24) is 0 Å². The topological polar surface area (TPSA) is 40.5 Å². The van der Waals surface area contributed by atoms with Crippen molar-refractivity contribution >= 4 is 0 Å². The molecule has 1 rings (SSSR count). The quantitative estimate of drug-likeness (QED) is 0.750. The van der Waals surface area contributed by atoms with Crippen LogP contribution in [0.15, 0.2) is 30.3 Å². The monoisotopic (exact) mass is 194 g/mol. The lowest BCUT2D eigenvalue weighted by atomic mass is 9.85. The Morgan fingerprint density at radius 3 is 2.29 bits per heavy atom. The van der Waals surface area contributed by atoms with E-state index in [4.69, 9.17) is 10.2 Å². The van der Waals surface area contributed by atoms with Gasteiger partial charge in [0.25, 0.3) is 0 Å². The van der Waals surface area contributed by atoms with Gasteiger partial charge in [-0.15, -0.1) is 0 Å². The normalized spacial score (nSPS) is 15.1. The first kappa shape index (κ1) is 11.2. The van der Waals surface area contributed by atoms with Gasteiger partial charge in [0.15, 0.2) is 0 Å². The Morgan fingerprint density at radius 2 is 1.79 bits per heavy atom. The molecule has 78 valence electrons. The first-order valence-electron chi connectivity index (χ1n) is 5.06. The number of hydrogen-bond acceptors (Lipinski definition) is 2. The van der Waals surface area contributed by atoms with Crippen LogP contribution in [0.1, 0.15) is 24.8 Å². The summed E-state index contributed by atoms with van der Waals surface area (Å²) in [5.74, 6) is 0.454. The lowest BCUT2D eigenvalue weighted by Gasteiger charge is -2.21. The van der Waals surface area contributed by atoms with Gasteiger partial charge in [0.2, 0.25) is 0 Å². The third-order valence-electron chi connectivity index (χ3n) is 2.64. The molecule has 0 aromatic heterocycles. The molecular formula is C12H18O2. The lowest BCUT2D eigenvalue weighted by Crippen LogP contribution is -2.15. The highest BCUT2D eigenvalue weighted by Crippen LogP contribution is 2.27. The Kier molecular flexibility index (Phi) is 4.63. The summed E-state index contributed by atoms with van der Waals surface area (Å²) in [6.45, 7) is 2.34. The van der Waals surface area contributed by atoms with Crippen LogP contribution >= 0.6 is 0 Å². The molecule has 0 radical (unpaired) electrons. The van der Waals surface area contributed by atoms with Crippen molar-refractivity contribution in [2.45, 2.75) is 19.3 Å². The van der Waals surface area contributed by atoms with E-state index in [1.54, 1.807) is 0 Å². The highest BCUT2D eigenvalue weighted by Gasteiger charge is 2.17. The van der Waals surface area contributed by atoms with Crippen molar-refractivity contribution in [3.8, 4) is 0 Å². The minimum absolute atomic E-state index is 0.166. The number of hydrogen-bond donors (Lipinski definition) is 2. The molecule has 2 N–H and O–H groups in total. The second-order valence-corrected chi connectivity index (χ2v) is 3.69. The molecule has 0 fully saturated rings. The summed E-state index contributed by atoms with van der Waals surface area (Å²) in [7, 11) is 0. The maximum absolute atomic E-state index is 9.11. The average Bonchev–Trinajstić information content (AvgIpc) is 2.26. The lowest BCUT2D eigenvalue weighted by molar-refractivity contribution is 0.192. The smallest absolute Gasteiger partial charge is 0.0462 e. The third kappa shape index (κ3) is 2.82. The Bertz CT molecular complexity index is 246. The van der Waals surface area contributed by atoms with Gasteiger partial charge >= 0.3 is 0 Å². The third-order valence-corrected chi connectivity index (χ3v) is 2.64. The second-order valence-electron chi connectivity index (χ2n) is 3.69. The van der Waals surface area contributed by atoms with Crippen molar-refractivity contribution in [2.75, 3.05) is 13.2 Å². The molecule has 0 bridgehead atoms. The molecule has 2 nitrogen and oxygen atoms in total. The van der Waals surface area contributed by atoms with Crippen LogP contribution in [-0.2, 0) is 0 Å². The first-order chi connectivity index (χ1) is 6.79. The molecule has 1 aromatic carbocycles. The van der Waals surface area contributed by atoms with E-state index in [2.05, 4.69) is 0 Å². The summed E-state index contributed by atoms with van der Waals surface area (Å²) in [6.07, 6.45) is 0.714. The minimum Gasteiger partial charge on any atom is -0.396 e. The first-order valence-corrected chi connectivity index (χ1v) is 5.06. The van der Waals surface area contributed by atoms with E-state index >= 15 is 0 Å². The summed E-state index contributed by atoms with van der Waals surface area (Å²) in [4.78, 5) is 0. The average molecular weight is 194 g/mol. The van der Waals surface area contributed by atoms with E-state index in [1.807, 2.05) is 37.3 Å². The maximum Gasteiger partial charge on any atom is 0.0462 e. The molecule has 0 amide bonds. The molecular weight excluding hydrogens is 176 g/mol. The molecule has 2 atom stereocenters. The largest absolute Gasteiger partial charge is 0.396 e. The van der Waals surface area contributed by atoms with Crippen LogP contribution in [0.25, 0.3) is 0 Å². The van der Waals surface area contributed by atoms with E-state index in [9.17, 15) is 0 Å². The van der Waals surface area contributed by atoms with E-state index in [0.717, 1.165) is 0 Å². The summed E-state index contributed by atoms with van der Waals surface area (Å²) in [5.41, 5.74) is 1.20. The molecule has 0 aliphatic rings. The minimum atomic E-state index is 0.166. The molecule has 1 aromatic rings. The van der Waals surface area contributed by atoms with Gasteiger partial charge in [-0.1, -0.05) is 37.3 Å². The summed E-state index contributed by atoms with van der Waals surface area (Å²) in [5, 5.41) is 18.1. The van der Waals surface area contributed by atoms with Gasteiger partial charge in [0.1, 0.15) is 0 Å². The molecule has 0 aliphatic heterocycles. The van der Waals surface area contributed by atoms with Gasteiger partial charge in [-0.3, -0.25) is 0 Å². The highest BCUT2D eigenvalue weighted by atomic mass is 16.3. The highest BCUT2D eigenvalue weighted by molar-refractivity contribution is 5.20. The van der Waals surface area contributed by atoms with Crippen LogP contribution in [0.3, 0.4) is 0 Å². The van der Waals surface area contributed by atoms with Crippen molar-refractivity contribution in [1.29, 1.82) is 0 Å². The molecule has 0 saturated carbocycles. The molecule has 0 spiro atoms. The van der Waals surface area contributed by atoms with E-state index in [0.29, 0.717) is 6.42 Å². The molecule has 14 heavy (non-hydrogen) atoms. The summed E-state index contributed by atoms with van der Waals surface area (Å²) < 4.78 is 0. The SMILES string of the molecule is CC(CO)C(CCO)c1ccccc1. The van der Waals surface area contributed by atoms with Crippen LogP contribution in [0.4, 0.5) is 0 Å². The molecule has 2 unspecified atom stereocenters. The van der Waals surface area contributed by atoms with E-state index < -0.39 is 0 Å². The van der Waals surface area contributed by atoms with Crippen molar-refractivity contribution in [3.05, 3.63) is 35.9 Å². The van der Waals surface area contributed by atoms with Gasteiger partial charge in [-0.2, -0.15) is 0 Å². The molecule has 0 saturated heterocycles. The zero-order valence-corrected chi connectivity index (χ0v) is 8.56. The Labute approximate surface area is 85.2 Å². The van der Waals surface area contributed by atoms with E-state index in [1.165, 1.54) is 5.56 Å². The predicted octanol–water partition coefficient (Wildman–Crippen LogP) is 1.78. The molecule has 0 heterocycles. The fourth-order valence-electron chi connectivity index (χ4n) is 1.75. The molecule has 0 aliphatic carbocycles. The molecule has 2 heteroatoms. The fourth-order valence-corrected chi connectivity index (χ4v) is 1.75. The van der Waals surface area contributed by atoms with Gasteiger partial charge in [0, 0.05) is 13.2 Å². The van der Waals surface area contributed by atoms with Gasteiger partial charge < -0.3 is 10.2 Å². The fraction of sp³-hybridized carbons (Fsp3) is 0.500. The van der Waals surface area contributed by atoms with Crippen LogP contribution in [0.5, 0.6) is 0 Å². The number of rotatable bonds is 5. The second kappa shape index (κ2) is 5.78. The van der Waals surface area contributed by atoms with Crippen molar-refractivity contribution in [2.24, 2.45) is 5.92 Å². The zero-order chi connectivity index (χ0) is 10.4. The van der Waals surface area contributed by atoms with Gasteiger partial charge in [-0.05, 0) is 23.8 Å². The summed E-state index contributed by atoms with van der Waals surface area (Å²) in [6, 6.07) is 10.1.